The second kappa shape index (κ2) is 9.90. The molecule has 0 spiro atoms. The van der Waals surface area contributed by atoms with Gasteiger partial charge in [0.1, 0.15) is 11.9 Å². The minimum absolute atomic E-state index is 0.0813. The standard InChI is InChI=1S/C20H22ClFN2O5S/c1-4-18(24(30(3,27)28)15-9-6-13(22)7-10-15)19(25)23-14-8-11-16(17(21)12-14)20(26)29-5-2/h6-12,18H,4-5H2,1-3H3,(H,23,25). The SMILES string of the molecule is CCOC(=O)c1ccc(NC(=O)C(CC)N(c2ccc(F)cc2)S(C)(=O)=O)cc1Cl. The lowest BCUT2D eigenvalue weighted by molar-refractivity contribution is -0.117. The van der Waals surface area contributed by atoms with Crippen LogP contribution in [-0.4, -0.2) is 39.2 Å². The number of halogens is 2. The van der Waals surface area contributed by atoms with Gasteiger partial charge in [-0.3, -0.25) is 9.10 Å². The lowest BCUT2D eigenvalue weighted by Crippen LogP contribution is -2.47. The number of carbonyl (C=O) groups excluding carboxylic acids is 2. The normalized spacial score (nSPS) is 12.2. The van der Waals surface area contributed by atoms with Gasteiger partial charge in [0.05, 0.1) is 29.1 Å². The zero-order valence-electron chi connectivity index (χ0n) is 16.7. The van der Waals surface area contributed by atoms with E-state index in [1.807, 2.05) is 0 Å². The molecule has 2 aromatic carbocycles. The summed E-state index contributed by atoms with van der Waals surface area (Å²) in [7, 11) is -3.85. The molecule has 0 aliphatic carbocycles. The van der Waals surface area contributed by atoms with Crippen molar-refractivity contribution in [2.75, 3.05) is 22.5 Å². The van der Waals surface area contributed by atoms with Crippen LogP contribution < -0.4 is 9.62 Å². The minimum atomic E-state index is -3.85. The number of benzene rings is 2. The van der Waals surface area contributed by atoms with Gasteiger partial charge in [-0.25, -0.2) is 17.6 Å². The van der Waals surface area contributed by atoms with Crippen molar-refractivity contribution in [3.05, 3.63) is 58.9 Å². The number of anilines is 2. The van der Waals surface area contributed by atoms with Gasteiger partial charge in [0.2, 0.25) is 15.9 Å². The minimum Gasteiger partial charge on any atom is -0.462 e. The van der Waals surface area contributed by atoms with E-state index in [1.165, 1.54) is 30.3 Å². The monoisotopic (exact) mass is 456 g/mol. The summed E-state index contributed by atoms with van der Waals surface area (Å²) >= 11 is 6.11. The van der Waals surface area contributed by atoms with E-state index in [4.69, 9.17) is 16.3 Å². The average molecular weight is 457 g/mol. The van der Waals surface area contributed by atoms with Gasteiger partial charge in [0.15, 0.2) is 0 Å². The maximum absolute atomic E-state index is 13.3. The first-order valence-electron chi connectivity index (χ1n) is 9.11. The van der Waals surface area contributed by atoms with E-state index < -0.39 is 33.8 Å². The Morgan fingerprint density at radius 1 is 1.17 bits per heavy atom. The third-order valence-electron chi connectivity index (χ3n) is 4.14. The molecule has 0 fully saturated rings. The van der Waals surface area contributed by atoms with Gasteiger partial charge in [0.25, 0.3) is 0 Å². The van der Waals surface area contributed by atoms with E-state index in [0.29, 0.717) is 0 Å². The predicted octanol–water partition coefficient (Wildman–Crippen LogP) is 3.84. The number of hydrogen-bond donors (Lipinski definition) is 1. The number of ether oxygens (including phenoxy) is 1. The summed E-state index contributed by atoms with van der Waals surface area (Å²) in [6.45, 7) is 3.51. The van der Waals surface area contributed by atoms with Crippen molar-refractivity contribution in [1.29, 1.82) is 0 Å². The van der Waals surface area contributed by atoms with Crippen LogP contribution in [0.3, 0.4) is 0 Å². The van der Waals surface area contributed by atoms with Crippen LogP contribution in [0.2, 0.25) is 5.02 Å². The lowest BCUT2D eigenvalue weighted by Gasteiger charge is -2.30. The molecule has 0 bridgehead atoms. The molecule has 0 radical (unpaired) electrons. The first-order valence-corrected chi connectivity index (χ1v) is 11.3. The van der Waals surface area contributed by atoms with Crippen molar-refractivity contribution in [2.24, 2.45) is 0 Å². The van der Waals surface area contributed by atoms with E-state index in [9.17, 15) is 22.4 Å². The zero-order valence-corrected chi connectivity index (χ0v) is 18.3. The van der Waals surface area contributed by atoms with Crippen molar-refractivity contribution < 1.29 is 27.1 Å². The molecule has 2 rings (SSSR count). The number of amides is 1. The molecule has 0 saturated heterocycles. The number of hydrogen-bond acceptors (Lipinski definition) is 5. The summed E-state index contributed by atoms with van der Waals surface area (Å²) in [5, 5.41) is 2.69. The second-order valence-corrected chi connectivity index (χ2v) is 8.63. The van der Waals surface area contributed by atoms with Gasteiger partial charge in [-0.05, 0) is 55.8 Å². The van der Waals surface area contributed by atoms with Crippen LogP contribution in [0.5, 0.6) is 0 Å². The van der Waals surface area contributed by atoms with Gasteiger partial charge < -0.3 is 10.1 Å². The molecule has 7 nitrogen and oxygen atoms in total. The molecule has 0 aliphatic rings. The Balaban J connectivity index is 2.31. The van der Waals surface area contributed by atoms with Crippen LogP contribution in [0, 0.1) is 5.82 Å². The highest BCUT2D eigenvalue weighted by atomic mass is 35.5. The largest absolute Gasteiger partial charge is 0.462 e. The molecule has 2 aromatic rings. The molecule has 1 amide bonds. The van der Waals surface area contributed by atoms with Gasteiger partial charge in [0, 0.05) is 5.69 Å². The summed E-state index contributed by atoms with van der Waals surface area (Å²) < 4.78 is 43.9. The van der Waals surface area contributed by atoms with E-state index in [0.717, 1.165) is 22.7 Å². The zero-order chi connectivity index (χ0) is 22.5. The van der Waals surface area contributed by atoms with E-state index in [1.54, 1.807) is 13.8 Å². The smallest absolute Gasteiger partial charge is 0.339 e. The van der Waals surface area contributed by atoms with Crippen molar-refractivity contribution in [2.45, 2.75) is 26.3 Å². The van der Waals surface area contributed by atoms with Crippen molar-refractivity contribution in [3.8, 4) is 0 Å². The second-order valence-electron chi connectivity index (χ2n) is 6.36. The Morgan fingerprint density at radius 3 is 2.30 bits per heavy atom. The molecule has 0 aliphatic heterocycles. The van der Waals surface area contributed by atoms with Crippen LogP contribution in [0.15, 0.2) is 42.5 Å². The number of sulfonamides is 1. The Bertz CT molecular complexity index is 1030. The van der Waals surface area contributed by atoms with Crippen LogP contribution in [0.25, 0.3) is 0 Å². The Labute approximate surface area is 179 Å². The van der Waals surface area contributed by atoms with E-state index >= 15 is 0 Å². The lowest BCUT2D eigenvalue weighted by atomic mass is 10.1. The summed E-state index contributed by atoms with van der Waals surface area (Å²) in [5.74, 6) is -1.72. The molecule has 10 heteroatoms. The summed E-state index contributed by atoms with van der Waals surface area (Å²) in [6, 6.07) is 7.97. The quantitative estimate of drug-likeness (QED) is 0.609. The van der Waals surface area contributed by atoms with Crippen LogP contribution in [-0.2, 0) is 19.6 Å². The molecule has 0 aromatic heterocycles. The number of carbonyl (C=O) groups is 2. The molecule has 1 atom stereocenters. The van der Waals surface area contributed by atoms with E-state index in [2.05, 4.69) is 5.32 Å². The Kier molecular flexibility index (Phi) is 7.80. The summed E-state index contributed by atoms with van der Waals surface area (Å²) in [5.41, 5.74) is 0.591. The highest BCUT2D eigenvalue weighted by Gasteiger charge is 2.31. The van der Waals surface area contributed by atoms with Gasteiger partial charge >= 0.3 is 5.97 Å². The number of esters is 1. The summed E-state index contributed by atoms with van der Waals surface area (Å²) in [6.07, 6.45) is 1.13. The van der Waals surface area contributed by atoms with Gasteiger partial charge in [-0.1, -0.05) is 18.5 Å². The van der Waals surface area contributed by atoms with Crippen LogP contribution in [0.4, 0.5) is 15.8 Å². The maximum atomic E-state index is 13.3. The summed E-state index contributed by atoms with van der Waals surface area (Å²) in [4.78, 5) is 24.7. The van der Waals surface area contributed by atoms with Gasteiger partial charge in [-0.15, -0.1) is 0 Å². The molecule has 162 valence electrons. The number of nitrogens with one attached hydrogen (secondary N) is 1. The molecule has 30 heavy (non-hydrogen) atoms. The Morgan fingerprint density at radius 2 is 1.80 bits per heavy atom. The average Bonchev–Trinajstić information content (AvgIpc) is 2.66. The Hall–Kier alpha value is -2.65. The topological polar surface area (TPSA) is 92.8 Å². The van der Waals surface area contributed by atoms with Crippen molar-refractivity contribution >= 4 is 44.9 Å². The first-order chi connectivity index (χ1) is 14.1. The third kappa shape index (κ3) is 5.70. The number of rotatable bonds is 8. The first kappa shape index (κ1) is 23.6. The van der Waals surface area contributed by atoms with Crippen molar-refractivity contribution in [3.63, 3.8) is 0 Å². The predicted molar refractivity (Wildman–Crippen MR) is 114 cm³/mol. The van der Waals surface area contributed by atoms with Crippen molar-refractivity contribution in [1.82, 2.24) is 0 Å². The molecule has 0 heterocycles. The van der Waals surface area contributed by atoms with Crippen LogP contribution >= 0.6 is 11.6 Å². The van der Waals surface area contributed by atoms with Crippen LogP contribution in [0.1, 0.15) is 30.6 Å². The van der Waals surface area contributed by atoms with E-state index in [-0.39, 0.29) is 35.0 Å². The molecular weight excluding hydrogens is 435 g/mol. The fraction of sp³-hybridized carbons (Fsp3) is 0.300. The third-order valence-corrected chi connectivity index (χ3v) is 5.64. The maximum Gasteiger partial charge on any atom is 0.339 e. The molecular formula is C20H22ClFN2O5S. The highest BCUT2D eigenvalue weighted by molar-refractivity contribution is 7.92. The van der Waals surface area contributed by atoms with Gasteiger partial charge in [-0.2, -0.15) is 0 Å². The number of nitrogens with zero attached hydrogens (tertiary/aromatic N) is 1. The fourth-order valence-electron chi connectivity index (χ4n) is 2.84. The molecule has 0 saturated carbocycles. The fourth-order valence-corrected chi connectivity index (χ4v) is 4.31. The highest BCUT2D eigenvalue weighted by Crippen LogP contribution is 2.25. The molecule has 1 unspecified atom stereocenters. The molecule has 1 N–H and O–H groups in total.